The maximum Gasteiger partial charge on any atom is 0.329 e. The maximum atomic E-state index is 12.5. The second-order valence-corrected chi connectivity index (χ2v) is 8.61. The van der Waals surface area contributed by atoms with E-state index in [4.69, 9.17) is 9.47 Å². The predicted molar refractivity (Wildman–Crippen MR) is 146 cm³/mol. The molecule has 3 N–H and O–H groups in total. The molecule has 0 spiro atoms. The molecule has 0 radical (unpaired) electrons. The van der Waals surface area contributed by atoms with Crippen molar-refractivity contribution in [2.75, 3.05) is 18.5 Å². The van der Waals surface area contributed by atoms with Gasteiger partial charge in [-0.15, -0.1) is 0 Å². The largest absolute Gasteiger partial charge is 0.490 e. The van der Waals surface area contributed by atoms with Crippen LogP contribution in [0.3, 0.4) is 0 Å². The van der Waals surface area contributed by atoms with Gasteiger partial charge in [0.2, 0.25) is 0 Å². The molecule has 3 aromatic carbocycles. The van der Waals surface area contributed by atoms with Gasteiger partial charge in [0.25, 0.3) is 5.91 Å². The highest BCUT2D eigenvalue weighted by Crippen LogP contribution is 2.28. The monoisotopic (exact) mass is 516 g/mol. The van der Waals surface area contributed by atoms with Crippen LogP contribution in [0, 0.1) is 20.8 Å². The summed E-state index contributed by atoms with van der Waals surface area (Å²) < 4.78 is 11.3. The second kappa shape index (κ2) is 13.6. The minimum atomic E-state index is -0.881. The molecule has 38 heavy (non-hydrogen) atoms. The number of nitrogens with zero attached hydrogens (tertiary/aromatic N) is 1. The lowest BCUT2D eigenvalue weighted by atomic mass is 10.1. The van der Waals surface area contributed by atoms with Gasteiger partial charge in [-0.05, 0) is 68.1 Å². The number of hydrazone groups is 1. The summed E-state index contributed by atoms with van der Waals surface area (Å²) in [6.07, 6.45) is 1.38. The molecular weight excluding hydrogens is 484 g/mol. The first-order valence-corrected chi connectivity index (χ1v) is 12.2. The van der Waals surface area contributed by atoms with E-state index in [0.29, 0.717) is 23.7 Å². The van der Waals surface area contributed by atoms with Gasteiger partial charge in [-0.25, -0.2) is 5.43 Å². The summed E-state index contributed by atoms with van der Waals surface area (Å²) in [5.41, 5.74) is 7.50. The zero-order chi connectivity index (χ0) is 27.5. The highest BCUT2D eigenvalue weighted by molar-refractivity contribution is 6.35. The number of hydrogen-bond acceptors (Lipinski definition) is 6. The molecule has 0 aliphatic rings. The maximum absolute atomic E-state index is 12.5. The van der Waals surface area contributed by atoms with E-state index in [0.717, 1.165) is 27.9 Å². The number of ether oxygens (including phenoxy) is 2. The molecule has 0 aromatic heterocycles. The Kier molecular flexibility index (Phi) is 9.99. The van der Waals surface area contributed by atoms with Crippen molar-refractivity contribution < 1.29 is 23.9 Å². The molecular formula is C29H32N4O5. The lowest BCUT2D eigenvalue weighted by Gasteiger charge is -2.14. The van der Waals surface area contributed by atoms with Gasteiger partial charge in [-0.3, -0.25) is 14.4 Å². The molecule has 9 heteroatoms. The lowest BCUT2D eigenvalue weighted by Crippen LogP contribution is -2.37. The average molecular weight is 517 g/mol. The number of aryl methyl sites for hydroxylation is 3. The average Bonchev–Trinajstić information content (AvgIpc) is 2.90. The molecule has 0 unspecified atom stereocenters. The Hall–Kier alpha value is -4.66. The third-order valence-electron chi connectivity index (χ3n) is 5.53. The Labute approximate surface area is 222 Å². The number of carbonyl (C=O) groups excluding carboxylic acids is 3. The second-order valence-electron chi connectivity index (χ2n) is 8.61. The van der Waals surface area contributed by atoms with Crippen LogP contribution in [0.4, 0.5) is 5.69 Å². The van der Waals surface area contributed by atoms with E-state index in [1.165, 1.54) is 6.21 Å². The molecule has 0 fully saturated rings. The molecule has 198 valence electrons. The Balaban J connectivity index is 1.53. The van der Waals surface area contributed by atoms with E-state index in [-0.39, 0.29) is 19.1 Å². The minimum absolute atomic E-state index is 0.199. The van der Waals surface area contributed by atoms with Gasteiger partial charge in [-0.1, -0.05) is 48.0 Å². The van der Waals surface area contributed by atoms with Gasteiger partial charge in [0.05, 0.1) is 12.8 Å². The van der Waals surface area contributed by atoms with Gasteiger partial charge in [-0.2, -0.15) is 5.10 Å². The van der Waals surface area contributed by atoms with Gasteiger partial charge in [0.1, 0.15) is 0 Å². The van der Waals surface area contributed by atoms with Crippen LogP contribution in [0.2, 0.25) is 0 Å². The van der Waals surface area contributed by atoms with Crippen molar-refractivity contribution in [3.8, 4) is 11.5 Å². The summed E-state index contributed by atoms with van der Waals surface area (Å²) in [5, 5.41) is 9.28. The van der Waals surface area contributed by atoms with Crippen LogP contribution in [0.5, 0.6) is 11.5 Å². The Morgan fingerprint density at radius 3 is 2.26 bits per heavy atom. The standard InChI is InChI=1S/C29H32N4O5/c1-5-37-25-15-23(17-31-33-29(36)28(35)30-16-22-11-9-19(2)10-12-22)13-14-24(25)38-18-26(34)32-27-20(3)7-6-8-21(27)4/h6-15,17H,5,16,18H2,1-4H3,(H,30,35)(H,32,34)(H,33,36)/b31-17-. The van der Waals surface area contributed by atoms with Crippen LogP contribution in [0.1, 0.15) is 34.7 Å². The fourth-order valence-corrected chi connectivity index (χ4v) is 3.51. The number of nitrogens with one attached hydrogen (secondary N) is 3. The van der Waals surface area contributed by atoms with Crippen molar-refractivity contribution in [3.63, 3.8) is 0 Å². The summed E-state index contributed by atoms with van der Waals surface area (Å²) in [6.45, 7) is 8.07. The summed E-state index contributed by atoms with van der Waals surface area (Å²) in [4.78, 5) is 36.5. The summed E-state index contributed by atoms with van der Waals surface area (Å²) >= 11 is 0. The molecule has 0 aliphatic heterocycles. The molecule has 3 rings (SSSR count). The SMILES string of the molecule is CCOc1cc(/C=N\NC(=O)C(=O)NCc2ccc(C)cc2)ccc1OCC(=O)Nc1c(C)cccc1C. The Bertz CT molecular complexity index is 1300. The summed E-state index contributed by atoms with van der Waals surface area (Å²) in [6, 6.07) is 18.4. The van der Waals surface area contributed by atoms with Crippen LogP contribution in [0.15, 0.2) is 65.8 Å². The first-order valence-electron chi connectivity index (χ1n) is 12.2. The zero-order valence-electron chi connectivity index (χ0n) is 22.0. The number of benzene rings is 3. The van der Waals surface area contributed by atoms with E-state index >= 15 is 0 Å². The number of para-hydroxylation sites is 1. The van der Waals surface area contributed by atoms with Gasteiger partial charge in [0.15, 0.2) is 18.1 Å². The third kappa shape index (κ3) is 8.19. The van der Waals surface area contributed by atoms with E-state index in [1.807, 2.05) is 70.2 Å². The van der Waals surface area contributed by atoms with Crippen molar-refractivity contribution in [2.45, 2.75) is 34.2 Å². The highest BCUT2D eigenvalue weighted by atomic mass is 16.5. The molecule has 3 aromatic rings. The lowest BCUT2D eigenvalue weighted by molar-refractivity contribution is -0.139. The topological polar surface area (TPSA) is 118 Å². The number of anilines is 1. The van der Waals surface area contributed by atoms with Crippen LogP contribution in [0.25, 0.3) is 0 Å². The van der Waals surface area contributed by atoms with Crippen LogP contribution in [-0.2, 0) is 20.9 Å². The fourth-order valence-electron chi connectivity index (χ4n) is 3.51. The molecule has 0 saturated heterocycles. The van der Waals surface area contributed by atoms with E-state index in [1.54, 1.807) is 18.2 Å². The Morgan fingerprint density at radius 2 is 1.58 bits per heavy atom. The molecule has 3 amide bonds. The predicted octanol–water partition coefficient (Wildman–Crippen LogP) is 3.79. The molecule has 0 bridgehead atoms. The van der Waals surface area contributed by atoms with Gasteiger partial charge >= 0.3 is 11.8 Å². The number of carbonyl (C=O) groups is 3. The minimum Gasteiger partial charge on any atom is -0.490 e. The van der Waals surface area contributed by atoms with Crippen molar-refractivity contribution >= 4 is 29.6 Å². The third-order valence-corrected chi connectivity index (χ3v) is 5.53. The molecule has 9 nitrogen and oxygen atoms in total. The summed E-state index contributed by atoms with van der Waals surface area (Å²) in [7, 11) is 0. The quantitative estimate of drug-likeness (QED) is 0.215. The zero-order valence-corrected chi connectivity index (χ0v) is 22.0. The van der Waals surface area contributed by atoms with Gasteiger partial charge in [0, 0.05) is 12.2 Å². The van der Waals surface area contributed by atoms with Crippen molar-refractivity contribution in [2.24, 2.45) is 5.10 Å². The smallest absolute Gasteiger partial charge is 0.329 e. The van der Waals surface area contributed by atoms with E-state index < -0.39 is 11.8 Å². The van der Waals surface area contributed by atoms with Crippen LogP contribution >= 0.6 is 0 Å². The Morgan fingerprint density at radius 1 is 0.868 bits per heavy atom. The van der Waals surface area contributed by atoms with Crippen LogP contribution in [-0.4, -0.2) is 37.1 Å². The van der Waals surface area contributed by atoms with E-state index in [9.17, 15) is 14.4 Å². The number of hydrogen-bond donors (Lipinski definition) is 3. The van der Waals surface area contributed by atoms with E-state index in [2.05, 4.69) is 21.2 Å². The first kappa shape index (κ1) is 27.9. The highest BCUT2D eigenvalue weighted by Gasteiger charge is 2.13. The van der Waals surface area contributed by atoms with Gasteiger partial charge < -0.3 is 20.1 Å². The fraction of sp³-hybridized carbons (Fsp3) is 0.241. The first-order chi connectivity index (χ1) is 18.3. The number of amides is 3. The van der Waals surface area contributed by atoms with Crippen molar-refractivity contribution in [1.82, 2.24) is 10.7 Å². The number of rotatable bonds is 10. The van der Waals surface area contributed by atoms with Crippen molar-refractivity contribution in [1.29, 1.82) is 0 Å². The van der Waals surface area contributed by atoms with Crippen molar-refractivity contribution in [3.05, 3.63) is 88.5 Å². The molecule has 0 heterocycles. The van der Waals surface area contributed by atoms with Crippen LogP contribution < -0.4 is 25.5 Å². The molecule has 0 saturated carbocycles. The normalized spacial score (nSPS) is 10.6. The summed E-state index contributed by atoms with van der Waals surface area (Å²) in [5.74, 6) is -1.16. The molecule has 0 aliphatic carbocycles. The molecule has 0 atom stereocenters.